The number of amides is 1. The molecule has 9 rings (SSSR count). The molecule has 0 bridgehead atoms. The van der Waals surface area contributed by atoms with E-state index in [1.165, 1.54) is 16.8 Å². The third-order valence-corrected chi connectivity index (χ3v) is 12.8. The highest BCUT2D eigenvalue weighted by Crippen LogP contribution is 2.31. The van der Waals surface area contributed by atoms with Crippen molar-refractivity contribution in [1.82, 2.24) is 29.3 Å². The van der Waals surface area contributed by atoms with Crippen LogP contribution in [-0.2, 0) is 30.4 Å². The third-order valence-electron chi connectivity index (χ3n) is 12.8. The molecule has 2 atom stereocenters. The fraction of sp³-hybridized carbons (Fsp3) is 0.500. The van der Waals surface area contributed by atoms with Crippen molar-refractivity contribution in [3.8, 4) is 11.6 Å². The number of hydrogen-bond donors (Lipinski definition) is 5. The number of halogens is 1. The summed E-state index contributed by atoms with van der Waals surface area (Å²) < 4.78 is 26.1. The number of ether oxygens (including phenoxy) is 2. The van der Waals surface area contributed by atoms with Crippen LogP contribution in [0.2, 0.25) is 0 Å². The molecule has 2 aliphatic heterocycles. The molecule has 1 aliphatic carbocycles. The second-order valence-corrected chi connectivity index (χ2v) is 22.5. The highest BCUT2D eigenvalue weighted by molar-refractivity contribution is 5.88. The molecule has 7 heterocycles. The van der Waals surface area contributed by atoms with Crippen LogP contribution in [0.15, 0.2) is 119 Å². The Kier molecular flexibility index (Phi) is 25.9. The number of nitrogens with zero attached hydrogens (tertiary/aromatic N) is 8. The molecular weight excluding hydrogens is 1030 g/mol. The summed E-state index contributed by atoms with van der Waals surface area (Å²) in [5.74, 6) is 3.84. The fourth-order valence-electron chi connectivity index (χ4n) is 8.78. The van der Waals surface area contributed by atoms with Gasteiger partial charge in [-0.1, -0.05) is 73.6 Å². The van der Waals surface area contributed by atoms with Crippen molar-refractivity contribution in [2.75, 3.05) is 54.6 Å². The number of nitrogens with one attached hydrogen (secondary N) is 1. The van der Waals surface area contributed by atoms with Gasteiger partial charge in [-0.25, -0.2) is 24.1 Å². The number of carbonyl (C=O) groups excluding carboxylic acids is 1. The monoisotopic (exact) mass is 1120 g/mol. The maximum atomic E-state index is 12.8. The number of aromatic nitrogens is 6. The van der Waals surface area contributed by atoms with Gasteiger partial charge in [-0.2, -0.15) is 9.78 Å². The summed E-state index contributed by atoms with van der Waals surface area (Å²) in [6.07, 6.45) is 8.74. The first-order valence-corrected chi connectivity index (χ1v) is 28.3. The van der Waals surface area contributed by atoms with Gasteiger partial charge in [-0.05, 0) is 149 Å². The van der Waals surface area contributed by atoms with Gasteiger partial charge in [0.05, 0.1) is 49.4 Å². The predicted molar refractivity (Wildman–Crippen MR) is 316 cm³/mol. The van der Waals surface area contributed by atoms with Crippen LogP contribution in [0.5, 0.6) is 5.88 Å². The predicted octanol–water partition coefficient (Wildman–Crippen LogP) is 8.64. The second-order valence-electron chi connectivity index (χ2n) is 22.5. The smallest absolute Gasteiger partial charge is 0.415 e. The van der Waals surface area contributed by atoms with Crippen LogP contribution in [0.4, 0.5) is 26.5 Å². The lowest BCUT2D eigenvalue weighted by molar-refractivity contribution is 0.0297. The Bertz CT molecular complexity index is 2960. The number of hydrogen-bond acceptors (Lipinski definition) is 15. The number of aliphatic hydroxyl groups excluding tert-OH is 4. The zero-order chi connectivity index (χ0) is 59.2. The molecule has 0 radical (unpaired) electrons. The molecule has 18 nitrogen and oxygen atoms in total. The Labute approximate surface area is 476 Å². The Hall–Kier alpha value is -7.06. The molecule has 0 unspecified atom stereocenters. The van der Waals surface area contributed by atoms with Gasteiger partial charge in [0.25, 0.3) is 11.1 Å². The molecule has 6 aromatic rings. The van der Waals surface area contributed by atoms with Gasteiger partial charge in [0, 0.05) is 60.2 Å². The van der Waals surface area contributed by atoms with E-state index in [1.54, 1.807) is 52.3 Å². The first kappa shape index (κ1) is 64.8. The molecule has 5 aromatic heterocycles. The van der Waals surface area contributed by atoms with Crippen LogP contribution in [0.25, 0.3) is 5.69 Å². The Morgan fingerprint density at radius 2 is 1.27 bits per heavy atom. The van der Waals surface area contributed by atoms with E-state index in [1.807, 2.05) is 62.4 Å². The molecule has 81 heavy (non-hydrogen) atoms. The highest BCUT2D eigenvalue weighted by atomic mass is 19.1. The normalized spacial score (nSPS) is 15.6. The average Bonchev–Trinajstić information content (AvgIpc) is 3.90. The van der Waals surface area contributed by atoms with Crippen LogP contribution in [-0.4, -0.2) is 120 Å². The Balaban J connectivity index is 0.000000186. The van der Waals surface area contributed by atoms with Crippen molar-refractivity contribution in [1.29, 1.82) is 0 Å². The van der Waals surface area contributed by atoms with E-state index in [2.05, 4.69) is 91.7 Å². The zero-order valence-corrected chi connectivity index (χ0v) is 48.9. The van der Waals surface area contributed by atoms with E-state index in [9.17, 15) is 29.0 Å². The van der Waals surface area contributed by atoms with Crippen LogP contribution < -0.4 is 31.0 Å². The van der Waals surface area contributed by atoms with Crippen molar-refractivity contribution in [3.63, 3.8) is 0 Å². The number of rotatable bonds is 18. The maximum Gasteiger partial charge on any atom is 0.415 e. The third kappa shape index (κ3) is 20.8. The molecule has 1 amide bonds. The standard InChI is InChI=1S/C14H15FN2O.C13H19NO2.C12H16N2O2.C12H18N2O.C11H18N2O3/c1-10(2)9-11-7-8-16-17(14(11)18)13-5-3-12(15)4-6-13;1-9(2)8-10-4-3-7-14(13(10)16)11-5-6-12(11)15;1-9(2)8-10-4-3-5-11(13-10)14-6-7-16-12(14)15;1-9(2)6-10-4-3-5-12(13-10)14-7-11(15)8-14;1-8(2)13-10-4-3-5-12-11(10)16-9(6-14)7-15/h3-8,10H,9H2,1-2H3;3-4,7,9,11-12,15H,5-6,8H2,1-2H3;3-5,9H,6-8H2,1-2H3;3-5,9,11,15H,6-8H2,1-2H3;3-5,8-9,13-15H,6-7H2,1-2H3/t;11-,12+;;;/m.0.../s1. The van der Waals surface area contributed by atoms with Crippen LogP contribution in [0.3, 0.4) is 0 Å². The van der Waals surface area contributed by atoms with E-state index in [-0.39, 0.29) is 60.5 Å². The average molecular weight is 1120 g/mol. The minimum atomic E-state index is -0.636. The van der Waals surface area contributed by atoms with Crippen molar-refractivity contribution in [2.45, 2.75) is 138 Å². The number of anilines is 3. The summed E-state index contributed by atoms with van der Waals surface area (Å²) >= 11 is 0. The lowest BCUT2D eigenvalue weighted by atomic mass is 9.88. The minimum Gasteiger partial charge on any atom is -0.468 e. The van der Waals surface area contributed by atoms with Crippen LogP contribution in [0.1, 0.15) is 111 Å². The number of aliphatic hydroxyl groups is 4. The number of carbonyl (C=O) groups is 1. The largest absolute Gasteiger partial charge is 0.468 e. The Morgan fingerprint density at radius 1 is 0.679 bits per heavy atom. The number of cyclic esters (lactones) is 1. The van der Waals surface area contributed by atoms with E-state index >= 15 is 0 Å². The summed E-state index contributed by atoms with van der Waals surface area (Å²) in [5, 5.41) is 43.9. The van der Waals surface area contributed by atoms with Gasteiger partial charge in [0.2, 0.25) is 5.88 Å². The minimum absolute atomic E-state index is 0.000359. The first-order chi connectivity index (χ1) is 38.6. The van der Waals surface area contributed by atoms with Crippen LogP contribution in [0, 0.1) is 29.5 Å². The molecule has 440 valence electrons. The molecule has 1 saturated carbocycles. The van der Waals surface area contributed by atoms with E-state index in [0.717, 1.165) is 79.2 Å². The second kappa shape index (κ2) is 32.4. The first-order valence-electron chi connectivity index (χ1n) is 28.3. The number of β-amino-alcohol motifs (C(OH)–C–C–N with tert-alkyl or cyclic N) is 1. The summed E-state index contributed by atoms with van der Waals surface area (Å²) in [4.78, 5) is 52.5. The molecule has 0 spiro atoms. The summed E-state index contributed by atoms with van der Waals surface area (Å²) in [7, 11) is 0. The topological polar surface area (TPSA) is 231 Å². The quantitative estimate of drug-likeness (QED) is 0.0542. The van der Waals surface area contributed by atoms with Crippen molar-refractivity contribution in [3.05, 3.63) is 159 Å². The van der Waals surface area contributed by atoms with Gasteiger partial charge < -0.3 is 44.7 Å². The summed E-state index contributed by atoms with van der Waals surface area (Å²) in [5.41, 5.74) is 5.01. The summed E-state index contributed by atoms with van der Waals surface area (Å²) in [6.45, 7) is 23.0. The lowest BCUT2D eigenvalue weighted by Crippen LogP contribution is -2.51. The molecule has 3 aliphatic rings. The van der Waals surface area contributed by atoms with Gasteiger partial charge in [-0.3, -0.25) is 14.5 Å². The number of pyridine rings is 4. The molecule has 5 N–H and O–H groups in total. The van der Waals surface area contributed by atoms with E-state index in [0.29, 0.717) is 60.6 Å². The van der Waals surface area contributed by atoms with Gasteiger partial charge >= 0.3 is 6.09 Å². The van der Waals surface area contributed by atoms with Crippen molar-refractivity contribution < 1.29 is 39.1 Å². The zero-order valence-electron chi connectivity index (χ0n) is 48.9. The maximum absolute atomic E-state index is 12.8. The molecule has 3 fully saturated rings. The van der Waals surface area contributed by atoms with E-state index in [4.69, 9.17) is 19.7 Å². The Morgan fingerprint density at radius 3 is 1.79 bits per heavy atom. The highest BCUT2D eigenvalue weighted by Gasteiger charge is 2.31. The molecular formula is C62H86FN9O9. The fourth-order valence-corrected chi connectivity index (χ4v) is 8.78. The van der Waals surface area contributed by atoms with Gasteiger partial charge in [0.15, 0.2) is 0 Å². The van der Waals surface area contributed by atoms with Crippen molar-refractivity contribution >= 4 is 23.4 Å². The SMILES string of the molecule is CC(C)Cc1cccc(N2CC(O)C2)n1.CC(C)Cc1cccc(N2CCOC2=O)n1.CC(C)Cc1cccn([C@H]2CC[C@H]2O)c1=O.CC(C)Cc1ccnn(-c2ccc(F)cc2)c1=O.CC(C)Nc1cccnc1OC(CO)CO. The van der Waals surface area contributed by atoms with Crippen LogP contribution >= 0.6 is 0 Å². The molecule has 1 aromatic carbocycles. The van der Waals surface area contributed by atoms with E-state index < -0.39 is 6.10 Å². The van der Waals surface area contributed by atoms with Crippen molar-refractivity contribution in [2.24, 2.45) is 23.7 Å². The summed E-state index contributed by atoms with van der Waals surface area (Å²) in [6, 6.07) is 27.1. The van der Waals surface area contributed by atoms with Gasteiger partial charge in [-0.15, -0.1) is 0 Å². The molecule has 2 saturated heterocycles. The lowest BCUT2D eigenvalue weighted by Gasteiger charge is -2.37. The number of benzene rings is 1. The molecule has 19 heteroatoms. The van der Waals surface area contributed by atoms with Gasteiger partial charge in [0.1, 0.15) is 30.2 Å².